The molecule has 0 aromatic heterocycles. The molecular weight excluding hydrogens is 142 g/mol. The zero-order valence-electron chi connectivity index (χ0n) is 7.10. The summed E-state index contributed by atoms with van der Waals surface area (Å²) in [4.78, 5) is 0. The molecule has 0 spiro atoms. The first kappa shape index (κ1) is 8.97. The minimum absolute atomic E-state index is 0.0903. The molecule has 0 atom stereocenters. The summed E-state index contributed by atoms with van der Waals surface area (Å²) >= 11 is 0. The van der Waals surface area contributed by atoms with Gasteiger partial charge < -0.3 is 15.2 Å². The van der Waals surface area contributed by atoms with Crippen LogP contribution < -0.4 is 5.32 Å². The van der Waals surface area contributed by atoms with E-state index in [9.17, 15) is 5.11 Å². The molecule has 3 nitrogen and oxygen atoms in total. The normalized spacial score (nSPS) is 23.5. The van der Waals surface area contributed by atoms with Gasteiger partial charge in [-0.05, 0) is 19.9 Å². The van der Waals surface area contributed by atoms with Gasteiger partial charge in [0, 0.05) is 25.2 Å². The molecule has 0 aromatic rings. The van der Waals surface area contributed by atoms with Crippen LogP contribution in [0.25, 0.3) is 0 Å². The summed E-state index contributed by atoms with van der Waals surface area (Å²) in [6.45, 7) is 2.76. The topological polar surface area (TPSA) is 41.5 Å². The Bertz CT molecular complexity index is 105. The van der Waals surface area contributed by atoms with Crippen LogP contribution in [-0.2, 0) is 4.74 Å². The Morgan fingerprint density at radius 3 is 2.55 bits per heavy atom. The Labute approximate surface area is 67.7 Å². The predicted octanol–water partition coefficient (Wildman–Crippen LogP) is -0.00510. The van der Waals surface area contributed by atoms with Crippen molar-refractivity contribution < 1.29 is 9.84 Å². The van der Waals surface area contributed by atoms with E-state index < -0.39 is 0 Å². The monoisotopic (exact) mass is 159 g/mol. The van der Waals surface area contributed by atoms with Crippen molar-refractivity contribution >= 4 is 0 Å². The van der Waals surface area contributed by atoms with Gasteiger partial charge in [0.2, 0.25) is 0 Å². The van der Waals surface area contributed by atoms with E-state index in [4.69, 9.17) is 4.74 Å². The Hall–Kier alpha value is -0.120. The smallest absolute Gasteiger partial charge is 0.0501 e. The lowest BCUT2D eigenvalue weighted by atomic mass is 9.81. The van der Waals surface area contributed by atoms with Crippen molar-refractivity contribution in [1.82, 2.24) is 5.32 Å². The number of hydrogen-bond donors (Lipinski definition) is 2. The molecular formula is C8H17NO2. The molecule has 0 radical (unpaired) electrons. The minimum Gasteiger partial charge on any atom is -0.396 e. The molecule has 66 valence electrons. The average Bonchev–Trinajstić information content (AvgIpc) is 2.07. The SMILES string of the molecule is CNCC1(CO)CCOCC1. The Kier molecular flexibility index (Phi) is 3.30. The molecule has 0 unspecified atom stereocenters. The first-order valence-electron chi connectivity index (χ1n) is 4.16. The fourth-order valence-corrected chi connectivity index (χ4v) is 1.57. The highest BCUT2D eigenvalue weighted by Crippen LogP contribution is 2.28. The van der Waals surface area contributed by atoms with Gasteiger partial charge in [0.1, 0.15) is 0 Å². The molecule has 1 saturated heterocycles. The van der Waals surface area contributed by atoms with E-state index >= 15 is 0 Å². The number of aliphatic hydroxyl groups excluding tert-OH is 1. The summed E-state index contributed by atoms with van der Waals surface area (Å²) in [6, 6.07) is 0. The molecule has 0 bridgehead atoms. The van der Waals surface area contributed by atoms with Crippen LogP contribution in [-0.4, -0.2) is 38.5 Å². The molecule has 1 fully saturated rings. The maximum Gasteiger partial charge on any atom is 0.0501 e. The van der Waals surface area contributed by atoms with Crippen LogP contribution in [0, 0.1) is 5.41 Å². The summed E-state index contributed by atoms with van der Waals surface area (Å²) in [5, 5.41) is 12.3. The van der Waals surface area contributed by atoms with Crippen molar-refractivity contribution in [1.29, 1.82) is 0 Å². The molecule has 0 aliphatic carbocycles. The zero-order valence-corrected chi connectivity index (χ0v) is 7.10. The summed E-state index contributed by atoms with van der Waals surface area (Å²) in [7, 11) is 1.92. The molecule has 1 rings (SSSR count). The molecule has 0 aromatic carbocycles. The van der Waals surface area contributed by atoms with Crippen molar-refractivity contribution in [2.24, 2.45) is 5.41 Å². The summed E-state index contributed by atoms with van der Waals surface area (Å²) in [6.07, 6.45) is 1.95. The second-order valence-corrected chi connectivity index (χ2v) is 3.30. The maximum atomic E-state index is 9.18. The molecule has 2 N–H and O–H groups in total. The molecule has 3 heteroatoms. The van der Waals surface area contributed by atoms with Gasteiger partial charge in [-0.25, -0.2) is 0 Å². The maximum absolute atomic E-state index is 9.18. The third-order valence-electron chi connectivity index (χ3n) is 2.44. The van der Waals surface area contributed by atoms with Gasteiger partial charge in [-0.15, -0.1) is 0 Å². The van der Waals surface area contributed by atoms with Gasteiger partial charge in [0.25, 0.3) is 0 Å². The van der Waals surface area contributed by atoms with Gasteiger partial charge in [-0.1, -0.05) is 0 Å². The largest absolute Gasteiger partial charge is 0.396 e. The highest BCUT2D eigenvalue weighted by molar-refractivity contribution is 4.82. The van der Waals surface area contributed by atoms with E-state index in [1.165, 1.54) is 0 Å². The fraction of sp³-hybridized carbons (Fsp3) is 1.00. The average molecular weight is 159 g/mol. The van der Waals surface area contributed by atoms with Crippen molar-refractivity contribution in [2.45, 2.75) is 12.8 Å². The van der Waals surface area contributed by atoms with Gasteiger partial charge in [-0.2, -0.15) is 0 Å². The van der Waals surface area contributed by atoms with Crippen LogP contribution in [0.3, 0.4) is 0 Å². The molecule has 11 heavy (non-hydrogen) atoms. The van der Waals surface area contributed by atoms with Crippen LogP contribution >= 0.6 is 0 Å². The quantitative estimate of drug-likeness (QED) is 0.609. The van der Waals surface area contributed by atoms with E-state index in [1.54, 1.807) is 0 Å². The highest BCUT2D eigenvalue weighted by atomic mass is 16.5. The second-order valence-electron chi connectivity index (χ2n) is 3.30. The molecule has 0 saturated carbocycles. The summed E-state index contributed by atoms with van der Waals surface area (Å²) in [5.74, 6) is 0. The van der Waals surface area contributed by atoms with Crippen molar-refractivity contribution in [2.75, 3.05) is 33.4 Å². The standard InChI is InChI=1S/C8H17NO2/c1-9-6-8(7-10)2-4-11-5-3-8/h9-10H,2-7H2,1H3. The van der Waals surface area contributed by atoms with Crippen LogP contribution in [0.2, 0.25) is 0 Å². The summed E-state index contributed by atoms with van der Waals surface area (Å²) in [5.41, 5.74) is 0.0903. The molecule has 1 aliphatic rings. The fourth-order valence-electron chi connectivity index (χ4n) is 1.57. The summed E-state index contributed by atoms with van der Waals surface area (Å²) < 4.78 is 5.23. The lowest BCUT2D eigenvalue weighted by molar-refractivity contribution is -0.0143. The first-order valence-corrected chi connectivity index (χ1v) is 4.16. The predicted molar refractivity (Wildman–Crippen MR) is 43.5 cm³/mol. The number of rotatable bonds is 3. The second kappa shape index (κ2) is 4.04. The van der Waals surface area contributed by atoms with E-state index in [2.05, 4.69) is 5.32 Å². The van der Waals surface area contributed by atoms with Gasteiger partial charge in [-0.3, -0.25) is 0 Å². The van der Waals surface area contributed by atoms with E-state index in [1.807, 2.05) is 7.05 Å². The van der Waals surface area contributed by atoms with Crippen molar-refractivity contribution in [3.63, 3.8) is 0 Å². The third-order valence-corrected chi connectivity index (χ3v) is 2.44. The number of hydrogen-bond acceptors (Lipinski definition) is 3. The zero-order chi connectivity index (χ0) is 8.16. The van der Waals surface area contributed by atoms with E-state index in [-0.39, 0.29) is 12.0 Å². The van der Waals surface area contributed by atoms with Crippen LogP contribution in [0.4, 0.5) is 0 Å². The number of nitrogens with one attached hydrogen (secondary N) is 1. The minimum atomic E-state index is 0.0903. The van der Waals surface area contributed by atoms with Gasteiger partial charge in [0.05, 0.1) is 6.61 Å². The first-order chi connectivity index (χ1) is 5.33. The number of aliphatic hydroxyl groups is 1. The van der Waals surface area contributed by atoms with Crippen LogP contribution in [0.5, 0.6) is 0 Å². The van der Waals surface area contributed by atoms with Gasteiger partial charge >= 0.3 is 0 Å². The lowest BCUT2D eigenvalue weighted by Gasteiger charge is -2.35. The van der Waals surface area contributed by atoms with Crippen molar-refractivity contribution in [3.8, 4) is 0 Å². The third kappa shape index (κ3) is 2.15. The van der Waals surface area contributed by atoms with E-state index in [0.717, 1.165) is 32.6 Å². The Balaban J connectivity index is 2.42. The lowest BCUT2D eigenvalue weighted by Crippen LogP contribution is -2.40. The van der Waals surface area contributed by atoms with Crippen LogP contribution in [0.1, 0.15) is 12.8 Å². The highest BCUT2D eigenvalue weighted by Gasteiger charge is 2.30. The molecule has 1 heterocycles. The molecule has 1 aliphatic heterocycles. The van der Waals surface area contributed by atoms with E-state index in [0.29, 0.717) is 0 Å². The van der Waals surface area contributed by atoms with Gasteiger partial charge in [0.15, 0.2) is 0 Å². The van der Waals surface area contributed by atoms with Crippen LogP contribution in [0.15, 0.2) is 0 Å². The number of ether oxygens (including phenoxy) is 1. The molecule has 0 amide bonds. The van der Waals surface area contributed by atoms with Crippen molar-refractivity contribution in [3.05, 3.63) is 0 Å². The Morgan fingerprint density at radius 1 is 1.45 bits per heavy atom. The Morgan fingerprint density at radius 2 is 2.09 bits per heavy atom.